The summed E-state index contributed by atoms with van der Waals surface area (Å²) in [6, 6.07) is 1.33. The third-order valence-electron chi connectivity index (χ3n) is 5.32. The van der Waals surface area contributed by atoms with Gasteiger partial charge in [-0.25, -0.2) is 0 Å². The lowest BCUT2D eigenvalue weighted by atomic mass is 10.2. The van der Waals surface area contributed by atoms with E-state index in [4.69, 9.17) is 4.43 Å². The van der Waals surface area contributed by atoms with E-state index in [0.717, 1.165) is 0 Å². The number of rotatable bonds is 7. The monoisotopic (exact) mass is 330 g/mol. The maximum absolute atomic E-state index is 5.75. The molecule has 0 aromatic rings. The first-order chi connectivity index (χ1) is 9.64. The smallest absolute Gasteiger partial charge is 0.161 e. The van der Waals surface area contributed by atoms with E-state index in [9.17, 15) is 0 Å². The zero-order valence-electron chi connectivity index (χ0n) is 15.5. The molecular weight excluding hydrogens is 292 g/mol. The maximum atomic E-state index is 5.75. The second-order valence-corrected chi connectivity index (χ2v) is 15.0. The van der Waals surface area contributed by atoms with Crippen molar-refractivity contribution in [3.05, 3.63) is 0 Å². The Kier molecular flexibility index (Phi) is 7.60. The summed E-state index contributed by atoms with van der Waals surface area (Å²) < 4.78 is 8.57. The second kappa shape index (κ2) is 8.25. The zero-order chi connectivity index (χ0) is 16.1. The van der Waals surface area contributed by atoms with Crippen molar-refractivity contribution in [3.63, 3.8) is 0 Å². The van der Waals surface area contributed by atoms with Crippen LogP contribution in [0.25, 0.3) is 0 Å². The van der Waals surface area contributed by atoms with Gasteiger partial charge < -0.3 is 13.9 Å². The van der Waals surface area contributed by atoms with Crippen molar-refractivity contribution in [2.75, 3.05) is 32.7 Å². The van der Waals surface area contributed by atoms with E-state index in [-0.39, 0.29) is 9.76 Å². The predicted octanol–water partition coefficient (Wildman–Crippen LogP) is 2.93. The van der Waals surface area contributed by atoms with Gasteiger partial charge in [-0.2, -0.15) is 0 Å². The van der Waals surface area contributed by atoms with Crippen molar-refractivity contribution < 1.29 is 4.43 Å². The fourth-order valence-corrected chi connectivity index (χ4v) is 6.09. The van der Waals surface area contributed by atoms with Gasteiger partial charge in [-0.1, -0.05) is 33.9 Å². The largest absolute Gasteiger partial charge is 0.422 e. The van der Waals surface area contributed by atoms with Crippen molar-refractivity contribution in [2.45, 2.75) is 71.3 Å². The Morgan fingerprint density at radius 3 is 2.14 bits per heavy atom. The first-order valence-electron chi connectivity index (χ1n) is 8.73. The normalized spacial score (nSPS) is 20.0. The molecule has 0 radical (unpaired) electrons. The van der Waals surface area contributed by atoms with E-state index in [1.54, 1.807) is 0 Å². The third-order valence-corrected chi connectivity index (χ3v) is 12.7. The summed E-state index contributed by atoms with van der Waals surface area (Å²) in [7, 11) is -1.56. The van der Waals surface area contributed by atoms with Crippen molar-refractivity contribution in [2.24, 2.45) is 0 Å². The molecule has 0 atom stereocenters. The van der Waals surface area contributed by atoms with Crippen LogP contribution in [0.5, 0.6) is 0 Å². The standard InChI is InChI=1S/C16H38N2OSi2/c1-15(2)19-20-14-8-9-17-10-12-18(13-11-17)21(6,7)16(3,4)5/h15H,8-14,20H2,1-7H3. The molecule has 1 heterocycles. The zero-order valence-corrected chi connectivity index (χ0v) is 18.0. The van der Waals surface area contributed by atoms with Crippen LogP contribution in [0.1, 0.15) is 41.0 Å². The maximum Gasteiger partial charge on any atom is 0.161 e. The minimum atomic E-state index is -1.30. The van der Waals surface area contributed by atoms with Gasteiger partial charge in [0.25, 0.3) is 0 Å². The Hall–Kier alpha value is 0.314. The molecule has 0 N–H and O–H groups in total. The number of piperazine rings is 1. The highest BCUT2D eigenvalue weighted by molar-refractivity contribution is 6.77. The minimum absolute atomic E-state index is 0.264. The Labute approximate surface area is 136 Å². The molecule has 1 rings (SSSR count). The SMILES string of the molecule is CC(C)O[SiH2]CCCN1CCN([Si](C)(C)C(C)(C)C)CC1. The number of hydrogen-bond acceptors (Lipinski definition) is 3. The van der Waals surface area contributed by atoms with Crippen LogP contribution in [0.4, 0.5) is 0 Å². The Morgan fingerprint density at radius 1 is 1.10 bits per heavy atom. The van der Waals surface area contributed by atoms with Gasteiger partial charge in [-0.15, -0.1) is 0 Å². The molecule has 0 unspecified atom stereocenters. The van der Waals surface area contributed by atoms with Gasteiger partial charge in [0.1, 0.15) is 8.24 Å². The average molecular weight is 331 g/mol. The molecule has 126 valence electrons. The summed E-state index contributed by atoms with van der Waals surface area (Å²) >= 11 is 0. The lowest BCUT2D eigenvalue weighted by molar-refractivity contribution is 0.179. The van der Waals surface area contributed by atoms with Crippen LogP contribution in [0.2, 0.25) is 24.2 Å². The molecule has 5 heteroatoms. The highest BCUT2D eigenvalue weighted by Crippen LogP contribution is 2.38. The summed E-state index contributed by atoms with van der Waals surface area (Å²) in [4.78, 5) is 2.66. The summed E-state index contributed by atoms with van der Waals surface area (Å²) in [5.74, 6) is 0. The van der Waals surface area contributed by atoms with E-state index in [0.29, 0.717) is 11.1 Å². The topological polar surface area (TPSA) is 15.7 Å². The summed E-state index contributed by atoms with van der Waals surface area (Å²) in [5, 5.41) is 0.467. The molecule has 0 aliphatic carbocycles. The Bertz CT molecular complexity index is 295. The van der Waals surface area contributed by atoms with E-state index in [1.807, 2.05) is 0 Å². The van der Waals surface area contributed by atoms with E-state index in [1.165, 1.54) is 45.2 Å². The molecule has 1 saturated heterocycles. The van der Waals surface area contributed by atoms with Crippen molar-refractivity contribution in [1.82, 2.24) is 9.47 Å². The Balaban J connectivity index is 2.24. The molecule has 0 aromatic carbocycles. The van der Waals surface area contributed by atoms with Crippen LogP contribution >= 0.6 is 0 Å². The van der Waals surface area contributed by atoms with Crippen LogP contribution in [0.3, 0.4) is 0 Å². The first kappa shape index (κ1) is 19.4. The number of nitrogens with zero attached hydrogens (tertiary/aromatic N) is 2. The summed E-state index contributed by atoms with van der Waals surface area (Å²) in [6.45, 7) is 23.0. The number of hydrogen-bond donors (Lipinski definition) is 0. The van der Waals surface area contributed by atoms with Crippen LogP contribution in [0.15, 0.2) is 0 Å². The van der Waals surface area contributed by atoms with Crippen LogP contribution in [-0.4, -0.2) is 66.3 Å². The van der Waals surface area contributed by atoms with E-state index in [2.05, 4.69) is 57.2 Å². The average Bonchev–Trinajstić information content (AvgIpc) is 2.37. The van der Waals surface area contributed by atoms with Crippen LogP contribution in [0, 0.1) is 0 Å². The van der Waals surface area contributed by atoms with Crippen molar-refractivity contribution in [1.29, 1.82) is 0 Å². The molecule has 1 fully saturated rings. The molecule has 3 nitrogen and oxygen atoms in total. The molecule has 0 spiro atoms. The molecular formula is C16H38N2OSi2. The molecule has 0 bridgehead atoms. The van der Waals surface area contributed by atoms with Gasteiger partial charge in [0.05, 0.1) is 0 Å². The molecule has 1 aliphatic heterocycles. The van der Waals surface area contributed by atoms with E-state index < -0.39 is 8.24 Å². The summed E-state index contributed by atoms with van der Waals surface area (Å²) in [6.07, 6.45) is 1.77. The highest BCUT2D eigenvalue weighted by Gasteiger charge is 2.41. The molecule has 0 aromatic heterocycles. The van der Waals surface area contributed by atoms with Crippen LogP contribution < -0.4 is 0 Å². The first-order valence-corrected chi connectivity index (χ1v) is 13.3. The molecule has 0 saturated carbocycles. The highest BCUT2D eigenvalue weighted by atomic mass is 28.3. The fourth-order valence-electron chi connectivity index (χ4n) is 2.76. The lowest BCUT2D eigenvalue weighted by Gasteiger charge is -2.49. The third kappa shape index (κ3) is 6.14. The van der Waals surface area contributed by atoms with Gasteiger partial charge in [-0.3, -0.25) is 0 Å². The molecule has 1 aliphatic rings. The summed E-state index contributed by atoms with van der Waals surface area (Å²) in [5.41, 5.74) is 0. The van der Waals surface area contributed by atoms with E-state index >= 15 is 0 Å². The van der Waals surface area contributed by atoms with Gasteiger partial charge >= 0.3 is 0 Å². The predicted molar refractivity (Wildman–Crippen MR) is 99.4 cm³/mol. The minimum Gasteiger partial charge on any atom is -0.422 e. The fraction of sp³-hybridized carbons (Fsp3) is 1.00. The van der Waals surface area contributed by atoms with Gasteiger partial charge in [0.15, 0.2) is 9.76 Å². The van der Waals surface area contributed by atoms with Gasteiger partial charge in [0.2, 0.25) is 0 Å². The quantitative estimate of drug-likeness (QED) is 0.527. The molecule has 0 amide bonds. The molecule has 21 heavy (non-hydrogen) atoms. The van der Waals surface area contributed by atoms with Crippen LogP contribution in [-0.2, 0) is 4.43 Å². The van der Waals surface area contributed by atoms with Crippen molar-refractivity contribution in [3.8, 4) is 0 Å². The second-order valence-electron chi connectivity index (χ2n) is 8.26. The Morgan fingerprint density at radius 2 is 1.67 bits per heavy atom. The van der Waals surface area contributed by atoms with Gasteiger partial charge in [-0.05, 0) is 37.9 Å². The van der Waals surface area contributed by atoms with Gasteiger partial charge in [0, 0.05) is 32.3 Å². The van der Waals surface area contributed by atoms with Crippen molar-refractivity contribution >= 4 is 18.0 Å². The lowest BCUT2D eigenvalue weighted by Crippen LogP contribution is -2.61.